The summed E-state index contributed by atoms with van der Waals surface area (Å²) in [5.41, 5.74) is 9.14. The van der Waals surface area contributed by atoms with Crippen LogP contribution in [0.3, 0.4) is 0 Å². The summed E-state index contributed by atoms with van der Waals surface area (Å²) in [6.07, 6.45) is 15.4. The Morgan fingerprint density at radius 3 is 2.58 bits per heavy atom. The zero-order valence-corrected chi connectivity index (χ0v) is 6.83. The van der Waals surface area contributed by atoms with Crippen molar-refractivity contribution in [3.8, 4) is 0 Å². The summed E-state index contributed by atoms with van der Waals surface area (Å²) in [6.45, 7) is 0. The van der Waals surface area contributed by atoms with Crippen LogP contribution >= 0.6 is 0 Å². The zero-order chi connectivity index (χ0) is 8.39. The van der Waals surface area contributed by atoms with Crippen molar-refractivity contribution in [2.75, 3.05) is 0 Å². The molecule has 0 heterocycles. The lowest BCUT2D eigenvalue weighted by atomic mass is 10.1. The molecule has 0 saturated heterocycles. The minimum absolute atomic E-state index is 0.833. The molecule has 0 radical (unpaired) electrons. The summed E-state index contributed by atoms with van der Waals surface area (Å²) in [5.74, 6) is 0. The van der Waals surface area contributed by atoms with Gasteiger partial charge in [-0.3, -0.25) is 0 Å². The third-order valence-corrected chi connectivity index (χ3v) is 1.98. The molecule has 60 valence electrons. The highest BCUT2D eigenvalue weighted by molar-refractivity contribution is 5.45. The molecule has 0 aromatic heterocycles. The van der Waals surface area contributed by atoms with E-state index in [0.717, 1.165) is 12.1 Å². The van der Waals surface area contributed by atoms with Crippen LogP contribution < -0.4 is 5.73 Å². The fraction of sp³-hybridized carbons (Fsp3) is 0.0909. The fourth-order valence-corrected chi connectivity index (χ4v) is 1.39. The monoisotopic (exact) mass is 157 g/mol. The molecule has 2 rings (SSSR count). The van der Waals surface area contributed by atoms with Crippen molar-refractivity contribution in [3.05, 3.63) is 59.4 Å². The van der Waals surface area contributed by atoms with Gasteiger partial charge in [0.15, 0.2) is 0 Å². The molecule has 0 fully saturated rings. The third kappa shape index (κ3) is 1.40. The van der Waals surface area contributed by atoms with Gasteiger partial charge in [0.05, 0.1) is 0 Å². The number of rotatable bonds is 0. The van der Waals surface area contributed by atoms with E-state index >= 15 is 0 Å². The quantitative estimate of drug-likeness (QED) is 0.573. The number of hydrogen-bond donors (Lipinski definition) is 1. The van der Waals surface area contributed by atoms with Crippen molar-refractivity contribution in [1.82, 2.24) is 0 Å². The highest BCUT2D eigenvalue weighted by atomic mass is 14.6. The molecule has 0 saturated carbocycles. The third-order valence-electron chi connectivity index (χ3n) is 1.98. The van der Waals surface area contributed by atoms with Crippen molar-refractivity contribution in [3.63, 3.8) is 0 Å². The Hall–Kier alpha value is -1.50. The van der Waals surface area contributed by atoms with Gasteiger partial charge in [-0.2, -0.15) is 0 Å². The van der Waals surface area contributed by atoms with E-state index in [2.05, 4.69) is 24.3 Å². The molecule has 0 amide bonds. The van der Waals surface area contributed by atoms with Gasteiger partial charge in [-0.15, -0.1) is 0 Å². The van der Waals surface area contributed by atoms with Crippen LogP contribution in [0.15, 0.2) is 59.4 Å². The van der Waals surface area contributed by atoms with Crippen LogP contribution in [-0.2, 0) is 0 Å². The van der Waals surface area contributed by atoms with Gasteiger partial charge >= 0.3 is 0 Å². The summed E-state index contributed by atoms with van der Waals surface area (Å²) in [6, 6.07) is 0. The Morgan fingerprint density at radius 2 is 1.75 bits per heavy atom. The Balaban J connectivity index is 2.48. The minimum atomic E-state index is 0.833. The summed E-state index contributed by atoms with van der Waals surface area (Å²) in [7, 11) is 0. The Morgan fingerprint density at radius 1 is 1.00 bits per heavy atom. The molecule has 2 bridgehead atoms. The molecular formula is C11H11N. The fourth-order valence-electron chi connectivity index (χ4n) is 1.39. The molecule has 0 aromatic rings. The molecule has 0 unspecified atom stereocenters. The molecule has 2 N–H and O–H groups in total. The lowest BCUT2D eigenvalue weighted by Gasteiger charge is -1.97. The van der Waals surface area contributed by atoms with Gasteiger partial charge < -0.3 is 5.73 Å². The SMILES string of the molecule is NC1=CC2=CC=CC=C(C=C1)C2. The van der Waals surface area contributed by atoms with E-state index in [-0.39, 0.29) is 0 Å². The molecule has 0 atom stereocenters. The molecule has 2 aliphatic rings. The van der Waals surface area contributed by atoms with E-state index in [4.69, 9.17) is 5.73 Å². The first-order valence-electron chi connectivity index (χ1n) is 4.06. The molecule has 0 aliphatic heterocycles. The Bertz CT molecular complexity index is 338. The summed E-state index contributed by atoms with van der Waals surface area (Å²) >= 11 is 0. The van der Waals surface area contributed by atoms with Gasteiger partial charge in [-0.1, -0.05) is 30.4 Å². The van der Waals surface area contributed by atoms with E-state index in [9.17, 15) is 0 Å². The van der Waals surface area contributed by atoms with Crippen LogP contribution in [0.5, 0.6) is 0 Å². The van der Waals surface area contributed by atoms with E-state index < -0.39 is 0 Å². The van der Waals surface area contributed by atoms with Gasteiger partial charge in [0, 0.05) is 5.70 Å². The molecule has 2 aliphatic carbocycles. The summed E-state index contributed by atoms with van der Waals surface area (Å²) in [4.78, 5) is 0. The van der Waals surface area contributed by atoms with Gasteiger partial charge in [0.2, 0.25) is 0 Å². The van der Waals surface area contributed by atoms with Crippen molar-refractivity contribution in [2.24, 2.45) is 5.73 Å². The van der Waals surface area contributed by atoms with Gasteiger partial charge in [-0.05, 0) is 29.7 Å². The Labute approximate surface area is 72.3 Å². The highest BCUT2D eigenvalue weighted by Gasteiger charge is 2.02. The van der Waals surface area contributed by atoms with Crippen molar-refractivity contribution >= 4 is 0 Å². The highest BCUT2D eigenvalue weighted by Crippen LogP contribution is 2.20. The van der Waals surface area contributed by atoms with Crippen LogP contribution in [0.2, 0.25) is 0 Å². The predicted octanol–water partition coefficient (Wildman–Crippen LogP) is 2.21. The standard InChI is InChI=1S/C11H11N/c12-11-6-5-9-3-1-2-4-10(7-9)8-11/h1-6,8H,7,12H2. The molecule has 12 heavy (non-hydrogen) atoms. The second-order valence-corrected chi connectivity index (χ2v) is 3.02. The van der Waals surface area contributed by atoms with Crippen molar-refractivity contribution in [2.45, 2.75) is 6.42 Å². The summed E-state index contributed by atoms with van der Waals surface area (Å²) < 4.78 is 0. The maximum absolute atomic E-state index is 5.72. The first kappa shape index (κ1) is 7.17. The topological polar surface area (TPSA) is 26.0 Å². The maximum Gasteiger partial charge on any atom is 0.0316 e. The molecule has 0 spiro atoms. The maximum atomic E-state index is 5.72. The van der Waals surface area contributed by atoms with Crippen LogP contribution in [0, 0.1) is 0 Å². The van der Waals surface area contributed by atoms with E-state index in [1.807, 2.05) is 18.2 Å². The van der Waals surface area contributed by atoms with E-state index in [1.54, 1.807) is 0 Å². The number of fused-ring (bicyclic) bond motifs is 2. The van der Waals surface area contributed by atoms with Crippen molar-refractivity contribution < 1.29 is 0 Å². The van der Waals surface area contributed by atoms with Crippen LogP contribution in [0.1, 0.15) is 6.42 Å². The smallest absolute Gasteiger partial charge is 0.0316 e. The van der Waals surface area contributed by atoms with Crippen LogP contribution in [0.4, 0.5) is 0 Å². The molecule has 1 heteroatoms. The Kier molecular flexibility index (Phi) is 1.71. The van der Waals surface area contributed by atoms with Gasteiger partial charge in [0.25, 0.3) is 0 Å². The second kappa shape index (κ2) is 2.86. The normalized spacial score (nSPS) is 20.5. The molecular weight excluding hydrogens is 146 g/mol. The average molecular weight is 157 g/mol. The first-order valence-corrected chi connectivity index (χ1v) is 4.06. The molecule has 0 aromatic carbocycles. The van der Waals surface area contributed by atoms with Gasteiger partial charge in [-0.25, -0.2) is 0 Å². The lowest BCUT2D eigenvalue weighted by Crippen LogP contribution is -1.91. The zero-order valence-electron chi connectivity index (χ0n) is 6.83. The number of nitrogens with two attached hydrogens (primary N) is 1. The van der Waals surface area contributed by atoms with E-state index in [1.165, 1.54) is 11.1 Å². The number of allylic oxidation sites excluding steroid dienone is 9. The predicted molar refractivity (Wildman–Crippen MR) is 51.3 cm³/mol. The second-order valence-electron chi connectivity index (χ2n) is 3.02. The van der Waals surface area contributed by atoms with E-state index in [0.29, 0.717) is 0 Å². The first-order chi connectivity index (χ1) is 5.84. The summed E-state index contributed by atoms with van der Waals surface area (Å²) in [5, 5.41) is 0. The van der Waals surface area contributed by atoms with Crippen molar-refractivity contribution in [1.29, 1.82) is 0 Å². The largest absolute Gasteiger partial charge is 0.399 e. The van der Waals surface area contributed by atoms with Crippen LogP contribution in [0.25, 0.3) is 0 Å². The molecule has 1 nitrogen and oxygen atoms in total. The lowest BCUT2D eigenvalue weighted by molar-refractivity contribution is 1.22. The van der Waals surface area contributed by atoms with Gasteiger partial charge in [0.1, 0.15) is 0 Å². The average Bonchev–Trinajstić information content (AvgIpc) is 2.35. The number of hydrogen-bond acceptors (Lipinski definition) is 1. The minimum Gasteiger partial charge on any atom is -0.399 e. The van der Waals surface area contributed by atoms with Crippen LogP contribution in [-0.4, -0.2) is 0 Å².